The highest BCUT2D eigenvalue weighted by atomic mass is 32.2. The molecule has 5 aromatic rings. The first-order chi connectivity index (χ1) is 24.3. The first kappa shape index (κ1) is 33.9. The summed E-state index contributed by atoms with van der Waals surface area (Å²) in [6.45, 7) is 0.676. The molecule has 4 heterocycles. The van der Waals surface area contributed by atoms with Crippen LogP contribution in [0.3, 0.4) is 0 Å². The zero-order valence-corrected chi connectivity index (χ0v) is 29.0. The lowest BCUT2D eigenvalue weighted by Gasteiger charge is -2.31. The minimum atomic E-state index is -3.98. The van der Waals surface area contributed by atoms with Gasteiger partial charge in [-0.05, 0) is 54.2 Å². The number of amides is 2. The van der Waals surface area contributed by atoms with Crippen molar-refractivity contribution in [2.24, 2.45) is 0 Å². The van der Waals surface area contributed by atoms with E-state index in [1.165, 1.54) is 17.7 Å². The monoisotopic (exact) mass is 711 g/mol. The highest BCUT2D eigenvalue weighted by molar-refractivity contribution is 7.92. The van der Waals surface area contributed by atoms with E-state index in [0.29, 0.717) is 29.2 Å². The first-order valence-electron chi connectivity index (χ1n) is 16.6. The normalized spacial score (nSPS) is 20.6. The van der Waals surface area contributed by atoms with Gasteiger partial charge in [0.2, 0.25) is 5.91 Å². The van der Waals surface area contributed by atoms with E-state index in [2.05, 4.69) is 10.5 Å². The SMILES string of the molecule is O=C(CC1(c2ccc(-c3ccc(-c4cnco4)cc3)s2)CCN(C(=O)c2ccccc2-c2ccccc2)CCS1(=O)=O)NOC1CCCCO1. The number of thiophene rings is 1. The lowest BCUT2D eigenvalue weighted by molar-refractivity contribution is -0.200. The van der Waals surface area contributed by atoms with Gasteiger partial charge in [-0.25, -0.2) is 23.7 Å². The van der Waals surface area contributed by atoms with Crippen molar-refractivity contribution in [2.45, 2.75) is 43.1 Å². The molecule has 0 radical (unpaired) electrons. The Labute approximate surface area is 294 Å². The molecule has 2 fully saturated rings. The van der Waals surface area contributed by atoms with Crippen LogP contribution in [0.2, 0.25) is 0 Å². The first-order valence-corrected chi connectivity index (χ1v) is 19.1. The molecule has 12 heteroatoms. The predicted molar refractivity (Wildman–Crippen MR) is 191 cm³/mol. The van der Waals surface area contributed by atoms with Crippen molar-refractivity contribution in [3.8, 4) is 32.9 Å². The molecule has 2 atom stereocenters. The van der Waals surface area contributed by atoms with Gasteiger partial charge in [0.05, 0.1) is 18.4 Å². The van der Waals surface area contributed by atoms with Crippen molar-refractivity contribution in [1.29, 1.82) is 0 Å². The number of ether oxygens (including phenoxy) is 1. The van der Waals surface area contributed by atoms with Crippen LogP contribution in [-0.4, -0.2) is 61.9 Å². The molecule has 10 nitrogen and oxygen atoms in total. The zero-order valence-electron chi connectivity index (χ0n) is 27.3. The topological polar surface area (TPSA) is 128 Å². The molecule has 2 saturated heterocycles. The van der Waals surface area contributed by atoms with Crippen molar-refractivity contribution >= 4 is 33.0 Å². The molecular formula is C38H37N3O7S2. The van der Waals surface area contributed by atoms with Crippen LogP contribution in [-0.2, 0) is 29.0 Å². The Balaban J connectivity index is 1.19. The molecule has 0 bridgehead atoms. The second kappa shape index (κ2) is 14.7. The zero-order chi connectivity index (χ0) is 34.6. The van der Waals surface area contributed by atoms with E-state index < -0.39 is 26.8 Å². The van der Waals surface area contributed by atoms with Crippen LogP contribution in [0.1, 0.15) is 47.3 Å². The summed E-state index contributed by atoms with van der Waals surface area (Å²) in [7, 11) is -3.98. The quantitative estimate of drug-likeness (QED) is 0.164. The van der Waals surface area contributed by atoms with Gasteiger partial charge >= 0.3 is 0 Å². The Morgan fingerprint density at radius 3 is 2.46 bits per heavy atom. The number of carbonyl (C=O) groups excluding carboxylic acids is 2. The van der Waals surface area contributed by atoms with E-state index in [0.717, 1.165) is 40.0 Å². The number of sulfone groups is 1. The Hall–Kier alpha value is -4.62. The lowest BCUT2D eigenvalue weighted by atomic mass is 9.96. The summed E-state index contributed by atoms with van der Waals surface area (Å²) in [6, 6.07) is 28.4. The van der Waals surface area contributed by atoms with E-state index >= 15 is 0 Å². The fourth-order valence-electron chi connectivity index (χ4n) is 6.61. The highest BCUT2D eigenvalue weighted by Gasteiger charge is 2.50. The summed E-state index contributed by atoms with van der Waals surface area (Å²) < 4.78 is 38.4. The van der Waals surface area contributed by atoms with Gasteiger partial charge in [-0.15, -0.1) is 11.3 Å². The number of rotatable bonds is 9. The van der Waals surface area contributed by atoms with Crippen LogP contribution in [0.5, 0.6) is 0 Å². The van der Waals surface area contributed by atoms with Gasteiger partial charge in [0.25, 0.3) is 5.91 Å². The van der Waals surface area contributed by atoms with Gasteiger partial charge in [0, 0.05) is 47.0 Å². The molecule has 50 heavy (non-hydrogen) atoms. The molecule has 1 N–H and O–H groups in total. The van der Waals surface area contributed by atoms with Crippen LogP contribution in [0, 0.1) is 0 Å². The van der Waals surface area contributed by atoms with Crippen molar-refractivity contribution in [1.82, 2.24) is 15.4 Å². The number of oxazole rings is 1. The summed E-state index contributed by atoms with van der Waals surface area (Å²) >= 11 is 1.34. The fourth-order valence-corrected chi connectivity index (χ4v) is 10.2. The van der Waals surface area contributed by atoms with Crippen molar-refractivity contribution in [3.05, 3.63) is 114 Å². The van der Waals surface area contributed by atoms with Gasteiger partial charge < -0.3 is 14.1 Å². The Bertz CT molecular complexity index is 2040. The summed E-state index contributed by atoms with van der Waals surface area (Å²) in [4.78, 5) is 40.2. The van der Waals surface area contributed by atoms with Crippen molar-refractivity contribution < 1.29 is 32.0 Å². The summed E-state index contributed by atoms with van der Waals surface area (Å²) in [5.74, 6) is -0.477. The van der Waals surface area contributed by atoms with Gasteiger partial charge in [-0.1, -0.05) is 72.8 Å². The van der Waals surface area contributed by atoms with E-state index in [-0.39, 0.29) is 37.6 Å². The maximum absolute atomic E-state index is 14.5. The van der Waals surface area contributed by atoms with Crippen LogP contribution in [0.25, 0.3) is 32.9 Å². The third-order valence-electron chi connectivity index (χ3n) is 9.37. The Kier molecular flexibility index (Phi) is 9.95. The van der Waals surface area contributed by atoms with Gasteiger partial charge in [-0.3, -0.25) is 9.59 Å². The van der Waals surface area contributed by atoms with Crippen LogP contribution in [0.15, 0.2) is 108 Å². The third-order valence-corrected chi connectivity index (χ3v) is 13.3. The molecule has 2 aliphatic rings. The molecule has 2 aliphatic heterocycles. The highest BCUT2D eigenvalue weighted by Crippen LogP contribution is 2.45. The predicted octanol–water partition coefficient (Wildman–Crippen LogP) is 6.86. The molecule has 258 valence electrons. The maximum Gasteiger partial charge on any atom is 0.254 e. The minimum Gasteiger partial charge on any atom is -0.444 e. The molecule has 3 aromatic carbocycles. The largest absolute Gasteiger partial charge is 0.444 e. The molecule has 2 unspecified atom stereocenters. The minimum absolute atomic E-state index is 0.00139. The molecule has 2 aromatic heterocycles. The molecule has 0 saturated carbocycles. The van der Waals surface area contributed by atoms with Crippen molar-refractivity contribution in [2.75, 3.05) is 25.4 Å². The summed E-state index contributed by atoms with van der Waals surface area (Å²) in [5.41, 5.74) is 6.40. The average molecular weight is 712 g/mol. The third kappa shape index (κ3) is 7.02. The van der Waals surface area contributed by atoms with E-state index in [9.17, 15) is 18.0 Å². The standard InChI is InChI=1S/C38H37N3O7S2/c42-35(40-48-36-12-6-7-22-46-36)24-38(34-18-17-33(49-34)29-15-13-28(14-16-29)32-25-39-26-47-32)19-20-41(21-23-50(38,44)45)37(43)31-11-5-4-10-30(31)27-8-2-1-3-9-27/h1-5,8-11,13-18,25-26,36H,6-7,12,19-24H2,(H,40,42). The second-order valence-electron chi connectivity index (χ2n) is 12.5. The number of aromatic nitrogens is 1. The number of hydrogen-bond donors (Lipinski definition) is 1. The Morgan fingerprint density at radius 1 is 0.920 bits per heavy atom. The van der Waals surface area contributed by atoms with Crippen LogP contribution >= 0.6 is 11.3 Å². The van der Waals surface area contributed by atoms with E-state index in [1.807, 2.05) is 78.9 Å². The maximum atomic E-state index is 14.5. The van der Waals surface area contributed by atoms with Crippen LogP contribution < -0.4 is 5.48 Å². The fraction of sp³-hybridized carbons (Fsp3) is 0.289. The van der Waals surface area contributed by atoms with Gasteiger partial charge in [0.1, 0.15) is 4.75 Å². The molecule has 7 rings (SSSR count). The number of carbonyl (C=O) groups is 2. The molecular weight excluding hydrogens is 675 g/mol. The number of hydrogen-bond acceptors (Lipinski definition) is 9. The van der Waals surface area contributed by atoms with Crippen LogP contribution in [0.4, 0.5) is 0 Å². The number of benzene rings is 3. The molecule has 0 spiro atoms. The number of nitrogens with zero attached hydrogens (tertiary/aromatic N) is 2. The molecule has 0 aliphatic carbocycles. The van der Waals surface area contributed by atoms with Gasteiger partial charge in [0.15, 0.2) is 28.3 Å². The van der Waals surface area contributed by atoms with E-state index in [4.69, 9.17) is 14.0 Å². The number of nitrogens with one attached hydrogen (secondary N) is 1. The Morgan fingerprint density at radius 2 is 1.70 bits per heavy atom. The molecule has 2 amide bonds. The summed E-state index contributed by atoms with van der Waals surface area (Å²) in [6.07, 6.45) is 4.57. The smallest absolute Gasteiger partial charge is 0.254 e. The second-order valence-corrected chi connectivity index (χ2v) is 16.0. The van der Waals surface area contributed by atoms with Gasteiger partial charge in [-0.2, -0.15) is 0 Å². The summed E-state index contributed by atoms with van der Waals surface area (Å²) in [5, 5.41) is 0. The average Bonchev–Trinajstić information content (AvgIpc) is 3.86. The van der Waals surface area contributed by atoms with E-state index in [1.54, 1.807) is 23.2 Å². The van der Waals surface area contributed by atoms with Crippen molar-refractivity contribution in [3.63, 3.8) is 0 Å². The number of hydroxylamine groups is 1. The lowest BCUT2D eigenvalue weighted by Crippen LogP contribution is -2.43.